The van der Waals surface area contributed by atoms with Crippen LogP contribution in [0.3, 0.4) is 0 Å². The van der Waals surface area contributed by atoms with E-state index in [1.165, 1.54) is 24.1 Å². The molecule has 2 aromatic carbocycles. The summed E-state index contributed by atoms with van der Waals surface area (Å²) in [6.45, 7) is 8.71. The molecule has 0 bridgehead atoms. The Balaban J connectivity index is 1.26. The van der Waals surface area contributed by atoms with Gasteiger partial charge in [0.25, 0.3) is 0 Å². The molecule has 5 heteroatoms. The van der Waals surface area contributed by atoms with Crippen molar-refractivity contribution in [2.45, 2.75) is 13.0 Å². The van der Waals surface area contributed by atoms with Gasteiger partial charge in [0.15, 0.2) is 0 Å². The van der Waals surface area contributed by atoms with Gasteiger partial charge in [-0.15, -0.1) is 0 Å². The third-order valence-electron chi connectivity index (χ3n) is 5.59. The summed E-state index contributed by atoms with van der Waals surface area (Å²) in [6, 6.07) is 14.7. The second kappa shape index (κ2) is 8.18. The van der Waals surface area contributed by atoms with Gasteiger partial charge in [-0.25, -0.2) is 0 Å². The van der Waals surface area contributed by atoms with E-state index in [4.69, 9.17) is 23.2 Å². The fraction of sp³-hybridized carbons (Fsp3) is 0.429. The summed E-state index contributed by atoms with van der Waals surface area (Å²) in [7, 11) is 0. The highest BCUT2D eigenvalue weighted by Crippen LogP contribution is 2.32. The van der Waals surface area contributed by atoms with E-state index < -0.39 is 0 Å². The molecule has 0 N–H and O–H groups in total. The molecule has 2 aromatic rings. The van der Waals surface area contributed by atoms with E-state index >= 15 is 0 Å². The first-order valence-corrected chi connectivity index (χ1v) is 10.2. The molecule has 0 unspecified atom stereocenters. The minimum atomic E-state index is 0.636. The summed E-state index contributed by atoms with van der Waals surface area (Å²) >= 11 is 12.5. The second-order valence-electron chi connectivity index (χ2n) is 7.20. The van der Waals surface area contributed by atoms with Gasteiger partial charge in [0.2, 0.25) is 0 Å². The first kappa shape index (κ1) is 18.1. The van der Waals surface area contributed by atoms with E-state index in [0.717, 1.165) is 51.5 Å². The lowest BCUT2D eigenvalue weighted by atomic mass is 10.00. The molecular formula is C21H25Cl2N3. The van der Waals surface area contributed by atoms with Crippen LogP contribution in [0.5, 0.6) is 0 Å². The van der Waals surface area contributed by atoms with Gasteiger partial charge in [-0.05, 0) is 29.7 Å². The summed E-state index contributed by atoms with van der Waals surface area (Å²) in [4.78, 5) is 7.50. The third-order valence-corrected chi connectivity index (χ3v) is 6.40. The highest BCUT2D eigenvalue weighted by molar-refractivity contribution is 6.43. The highest BCUT2D eigenvalue weighted by atomic mass is 35.5. The van der Waals surface area contributed by atoms with Gasteiger partial charge in [-0.1, -0.05) is 53.5 Å². The van der Waals surface area contributed by atoms with Crippen molar-refractivity contribution < 1.29 is 0 Å². The van der Waals surface area contributed by atoms with Crippen molar-refractivity contribution in [3.63, 3.8) is 0 Å². The molecule has 0 amide bonds. The predicted octanol–water partition coefficient (Wildman–Crippen LogP) is 4.17. The van der Waals surface area contributed by atoms with Gasteiger partial charge in [-0.2, -0.15) is 0 Å². The summed E-state index contributed by atoms with van der Waals surface area (Å²) < 4.78 is 0. The van der Waals surface area contributed by atoms with Gasteiger partial charge < -0.3 is 4.90 Å². The minimum Gasteiger partial charge on any atom is -0.368 e. The lowest BCUT2D eigenvalue weighted by Crippen LogP contribution is -2.49. The summed E-state index contributed by atoms with van der Waals surface area (Å²) in [5.74, 6) is 0. The third kappa shape index (κ3) is 4.01. The molecule has 1 fully saturated rings. The fourth-order valence-corrected chi connectivity index (χ4v) is 4.39. The van der Waals surface area contributed by atoms with Crippen LogP contribution in [0.1, 0.15) is 11.1 Å². The number of hydrogen-bond acceptors (Lipinski definition) is 3. The van der Waals surface area contributed by atoms with Crippen LogP contribution >= 0.6 is 23.2 Å². The van der Waals surface area contributed by atoms with Gasteiger partial charge in [0.05, 0.1) is 15.7 Å². The van der Waals surface area contributed by atoms with Crippen LogP contribution < -0.4 is 4.90 Å². The first-order chi connectivity index (χ1) is 12.7. The van der Waals surface area contributed by atoms with E-state index in [2.05, 4.69) is 45.0 Å². The van der Waals surface area contributed by atoms with Gasteiger partial charge in [-0.3, -0.25) is 9.80 Å². The molecule has 4 rings (SSSR count). The van der Waals surface area contributed by atoms with Crippen LogP contribution in [-0.2, 0) is 13.0 Å². The Labute approximate surface area is 166 Å². The number of anilines is 1. The topological polar surface area (TPSA) is 9.72 Å². The molecule has 0 saturated carbocycles. The molecule has 2 aliphatic rings. The monoisotopic (exact) mass is 389 g/mol. The molecule has 2 heterocycles. The Morgan fingerprint density at radius 3 is 2.27 bits per heavy atom. The van der Waals surface area contributed by atoms with Crippen LogP contribution in [0.4, 0.5) is 5.69 Å². The van der Waals surface area contributed by atoms with E-state index in [9.17, 15) is 0 Å². The van der Waals surface area contributed by atoms with Crippen LogP contribution in [0.2, 0.25) is 10.0 Å². The Hall–Kier alpha value is -1.26. The normalized spacial score (nSPS) is 18.8. The van der Waals surface area contributed by atoms with Gasteiger partial charge in [0.1, 0.15) is 0 Å². The number of piperazine rings is 1. The number of hydrogen-bond donors (Lipinski definition) is 0. The van der Waals surface area contributed by atoms with Crippen molar-refractivity contribution in [3.8, 4) is 0 Å². The number of nitrogens with zero attached hydrogens (tertiary/aromatic N) is 3. The molecule has 3 nitrogen and oxygen atoms in total. The molecule has 1 saturated heterocycles. The fourth-order valence-electron chi connectivity index (χ4n) is 3.98. The quantitative estimate of drug-likeness (QED) is 0.776. The van der Waals surface area contributed by atoms with E-state index in [0.29, 0.717) is 10.0 Å². The van der Waals surface area contributed by atoms with E-state index in [-0.39, 0.29) is 0 Å². The molecule has 0 radical (unpaired) electrons. The maximum Gasteiger partial charge on any atom is 0.0825 e. The summed E-state index contributed by atoms with van der Waals surface area (Å²) in [5.41, 5.74) is 4.08. The molecule has 0 aromatic heterocycles. The second-order valence-corrected chi connectivity index (χ2v) is 7.98. The number of halogens is 2. The van der Waals surface area contributed by atoms with Gasteiger partial charge >= 0.3 is 0 Å². The summed E-state index contributed by atoms with van der Waals surface area (Å²) in [6.07, 6.45) is 1.18. The predicted molar refractivity (Wildman–Crippen MR) is 111 cm³/mol. The van der Waals surface area contributed by atoms with Crippen LogP contribution in [0, 0.1) is 0 Å². The average molecular weight is 390 g/mol. The lowest BCUT2D eigenvalue weighted by Gasteiger charge is -2.38. The number of fused-ring (bicyclic) bond motifs is 1. The van der Waals surface area contributed by atoms with E-state index in [1.54, 1.807) is 0 Å². The Kier molecular flexibility index (Phi) is 5.70. The van der Waals surface area contributed by atoms with Gasteiger partial charge in [0, 0.05) is 52.4 Å². The minimum absolute atomic E-state index is 0.636. The zero-order valence-electron chi connectivity index (χ0n) is 15.0. The zero-order valence-corrected chi connectivity index (χ0v) is 16.5. The maximum absolute atomic E-state index is 6.37. The van der Waals surface area contributed by atoms with Crippen LogP contribution in [0.15, 0.2) is 42.5 Å². The molecule has 138 valence electrons. The Morgan fingerprint density at radius 2 is 1.46 bits per heavy atom. The standard InChI is InChI=1S/C21H25Cl2N3/c22-19-6-3-7-20(21(19)23)26-14-12-24(13-15-26)10-11-25-9-8-17-4-1-2-5-18(17)16-25/h1-7H,8-16H2. The van der Waals surface area contributed by atoms with Crippen molar-refractivity contribution in [2.24, 2.45) is 0 Å². The largest absolute Gasteiger partial charge is 0.368 e. The first-order valence-electron chi connectivity index (χ1n) is 9.41. The van der Waals surface area contributed by atoms with Crippen molar-refractivity contribution >= 4 is 28.9 Å². The Morgan fingerprint density at radius 1 is 0.731 bits per heavy atom. The highest BCUT2D eigenvalue weighted by Gasteiger charge is 2.21. The molecule has 26 heavy (non-hydrogen) atoms. The van der Waals surface area contributed by atoms with Crippen molar-refractivity contribution in [1.29, 1.82) is 0 Å². The Bertz CT molecular complexity index is 757. The smallest absolute Gasteiger partial charge is 0.0825 e. The van der Waals surface area contributed by atoms with Crippen molar-refractivity contribution in [2.75, 3.05) is 50.7 Å². The maximum atomic E-state index is 6.37. The molecule has 2 aliphatic heterocycles. The van der Waals surface area contributed by atoms with Crippen LogP contribution in [-0.4, -0.2) is 55.6 Å². The van der Waals surface area contributed by atoms with Crippen molar-refractivity contribution in [3.05, 3.63) is 63.6 Å². The number of benzene rings is 2. The summed E-state index contributed by atoms with van der Waals surface area (Å²) in [5, 5.41) is 1.31. The molecular weight excluding hydrogens is 365 g/mol. The van der Waals surface area contributed by atoms with Crippen LogP contribution in [0.25, 0.3) is 0 Å². The van der Waals surface area contributed by atoms with Crippen molar-refractivity contribution in [1.82, 2.24) is 9.80 Å². The molecule has 0 atom stereocenters. The lowest BCUT2D eigenvalue weighted by molar-refractivity contribution is 0.187. The SMILES string of the molecule is Clc1cccc(N2CCN(CCN3CCc4ccccc4C3)CC2)c1Cl. The number of rotatable bonds is 4. The molecule has 0 aliphatic carbocycles. The zero-order chi connectivity index (χ0) is 17.9. The molecule has 0 spiro atoms. The average Bonchev–Trinajstić information content (AvgIpc) is 2.69. The van der Waals surface area contributed by atoms with E-state index in [1.807, 2.05) is 12.1 Å².